The van der Waals surface area contributed by atoms with Crippen molar-refractivity contribution in [3.8, 4) is 0 Å². The fourth-order valence-electron chi connectivity index (χ4n) is 0.862. The molecule has 1 unspecified atom stereocenters. The van der Waals surface area contributed by atoms with Crippen molar-refractivity contribution >= 4 is 5.97 Å². The van der Waals surface area contributed by atoms with Gasteiger partial charge in [-0.3, -0.25) is 4.79 Å². The number of carboxylic acid groups (broad SMARTS) is 1. The summed E-state index contributed by atoms with van der Waals surface area (Å²) in [5.41, 5.74) is 5.86. The van der Waals surface area contributed by atoms with E-state index in [2.05, 4.69) is 0 Å². The Kier molecular flexibility index (Phi) is 4.84. The number of allylic oxidation sites excluding steroid dienone is 3. The highest BCUT2D eigenvalue weighted by molar-refractivity contribution is 5.73. The van der Waals surface area contributed by atoms with Crippen LogP contribution < -0.4 is 5.73 Å². The van der Waals surface area contributed by atoms with Gasteiger partial charge in [0.05, 0.1) is 5.76 Å². The molecule has 0 aliphatic carbocycles. The number of hydrogen-bond donors (Lipinski definition) is 3. The number of aliphatic hydroxyl groups is 1. The van der Waals surface area contributed by atoms with E-state index in [0.29, 0.717) is 5.57 Å². The summed E-state index contributed by atoms with van der Waals surface area (Å²) < 4.78 is 0. The molecule has 0 bridgehead atoms. The van der Waals surface area contributed by atoms with Crippen LogP contribution in [0.2, 0.25) is 0 Å². The van der Waals surface area contributed by atoms with Gasteiger partial charge in [0.15, 0.2) is 0 Å². The van der Waals surface area contributed by atoms with E-state index in [-0.39, 0.29) is 12.2 Å². The van der Waals surface area contributed by atoms with Crippen LogP contribution in [-0.4, -0.2) is 22.2 Å². The average molecular weight is 185 g/mol. The summed E-state index contributed by atoms with van der Waals surface area (Å²) in [6.07, 6.45) is 3.52. The molecule has 4 N–H and O–H groups in total. The summed E-state index contributed by atoms with van der Waals surface area (Å²) in [6, 6.07) is -0.965. The minimum absolute atomic E-state index is 0.106. The Balaban J connectivity index is 4.46. The van der Waals surface area contributed by atoms with Gasteiger partial charge in [0.2, 0.25) is 0 Å². The van der Waals surface area contributed by atoms with Gasteiger partial charge >= 0.3 is 5.97 Å². The van der Waals surface area contributed by atoms with Crippen molar-refractivity contribution in [3.63, 3.8) is 0 Å². The first-order valence-corrected chi connectivity index (χ1v) is 3.98. The number of carbonyl (C=O) groups is 1. The molecular formula is C9H15NO3. The van der Waals surface area contributed by atoms with Gasteiger partial charge in [0.25, 0.3) is 0 Å². The molecule has 1 atom stereocenters. The van der Waals surface area contributed by atoms with Crippen molar-refractivity contribution in [3.05, 3.63) is 23.5 Å². The van der Waals surface area contributed by atoms with Crippen LogP contribution >= 0.6 is 0 Å². The Labute approximate surface area is 77.4 Å². The summed E-state index contributed by atoms with van der Waals surface area (Å²) in [5.74, 6) is -0.960. The van der Waals surface area contributed by atoms with Crippen LogP contribution in [0.1, 0.15) is 20.3 Å². The first-order valence-electron chi connectivity index (χ1n) is 3.98. The number of aliphatic hydroxyl groups excluding tert-OH is 1. The quantitative estimate of drug-likeness (QED) is 0.454. The van der Waals surface area contributed by atoms with Crippen molar-refractivity contribution in [2.45, 2.75) is 26.3 Å². The Morgan fingerprint density at radius 2 is 2.08 bits per heavy atom. The van der Waals surface area contributed by atoms with E-state index in [1.54, 1.807) is 19.1 Å². The van der Waals surface area contributed by atoms with Crippen molar-refractivity contribution < 1.29 is 15.0 Å². The Morgan fingerprint density at radius 3 is 2.38 bits per heavy atom. The van der Waals surface area contributed by atoms with Crippen molar-refractivity contribution in [1.29, 1.82) is 0 Å². The van der Waals surface area contributed by atoms with Gasteiger partial charge in [0, 0.05) is 6.42 Å². The normalized spacial score (nSPS) is 15.6. The largest absolute Gasteiger partial charge is 0.512 e. The molecule has 0 spiro atoms. The second-order valence-corrected chi connectivity index (χ2v) is 2.76. The number of nitrogens with two attached hydrogens (primary N) is 1. The highest BCUT2D eigenvalue weighted by atomic mass is 16.4. The van der Waals surface area contributed by atoms with Crippen LogP contribution in [-0.2, 0) is 4.79 Å². The standard InChI is InChI=1S/C9H15NO3/c1-3-4-7(6(2)11)5-8(10)9(12)13/h3-4,8,11H,5,10H2,1-2H3,(H,12,13)/b4-3-,7-6-. The van der Waals surface area contributed by atoms with E-state index in [1.165, 1.54) is 6.92 Å². The van der Waals surface area contributed by atoms with Crippen LogP contribution in [0.3, 0.4) is 0 Å². The van der Waals surface area contributed by atoms with Crippen LogP contribution in [0, 0.1) is 0 Å². The second-order valence-electron chi connectivity index (χ2n) is 2.76. The minimum Gasteiger partial charge on any atom is -0.512 e. The van der Waals surface area contributed by atoms with Crippen LogP contribution in [0.5, 0.6) is 0 Å². The predicted molar refractivity (Wildman–Crippen MR) is 50.4 cm³/mol. The van der Waals surface area contributed by atoms with E-state index in [9.17, 15) is 4.79 Å². The molecule has 4 heteroatoms. The van der Waals surface area contributed by atoms with Gasteiger partial charge in [-0.05, 0) is 19.4 Å². The molecule has 0 fully saturated rings. The number of aliphatic carboxylic acids is 1. The highest BCUT2D eigenvalue weighted by Crippen LogP contribution is 2.10. The summed E-state index contributed by atoms with van der Waals surface area (Å²) in [7, 11) is 0. The van der Waals surface area contributed by atoms with Gasteiger partial charge < -0.3 is 15.9 Å². The fraction of sp³-hybridized carbons (Fsp3) is 0.444. The zero-order valence-electron chi connectivity index (χ0n) is 7.82. The molecular weight excluding hydrogens is 170 g/mol. The minimum atomic E-state index is -1.07. The van der Waals surface area contributed by atoms with E-state index in [0.717, 1.165) is 0 Å². The number of rotatable bonds is 4. The zero-order chi connectivity index (χ0) is 10.4. The molecule has 0 aromatic heterocycles. The first-order chi connectivity index (χ1) is 5.99. The van der Waals surface area contributed by atoms with Gasteiger partial charge in [-0.25, -0.2) is 0 Å². The van der Waals surface area contributed by atoms with Gasteiger partial charge in [0.1, 0.15) is 6.04 Å². The van der Waals surface area contributed by atoms with Crippen molar-refractivity contribution in [1.82, 2.24) is 0 Å². The third kappa shape index (κ3) is 4.32. The van der Waals surface area contributed by atoms with Gasteiger partial charge in [-0.15, -0.1) is 0 Å². The topological polar surface area (TPSA) is 83.6 Å². The maximum absolute atomic E-state index is 10.4. The molecule has 13 heavy (non-hydrogen) atoms. The summed E-state index contributed by atoms with van der Waals surface area (Å²) in [5, 5.41) is 17.7. The Morgan fingerprint density at radius 1 is 1.54 bits per heavy atom. The van der Waals surface area contributed by atoms with E-state index >= 15 is 0 Å². The lowest BCUT2D eigenvalue weighted by atomic mass is 10.1. The smallest absolute Gasteiger partial charge is 0.320 e. The maximum atomic E-state index is 10.4. The van der Waals surface area contributed by atoms with Crippen molar-refractivity contribution in [2.75, 3.05) is 0 Å². The molecule has 0 saturated carbocycles. The lowest BCUT2D eigenvalue weighted by Crippen LogP contribution is -2.30. The SMILES string of the molecule is C/C=C\C(CC(N)C(=O)O)=C(/C)O. The average Bonchev–Trinajstić information content (AvgIpc) is 2.03. The lowest BCUT2D eigenvalue weighted by molar-refractivity contribution is -0.138. The summed E-state index contributed by atoms with van der Waals surface area (Å²) in [4.78, 5) is 10.4. The summed E-state index contributed by atoms with van der Waals surface area (Å²) >= 11 is 0. The van der Waals surface area contributed by atoms with Gasteiger partial charge in [-0.2, -0.15) is 0 Å². The molecule has 0 aromatic rings. The van der Waals surface area contributed by atoms with Gasteiger partial charge in [-0.1, -0.05) is 12.2 Å². The first kappa shape index (κ1) is 11.7. The highest BCUT2D eigenvalue weighted by Gasteiger charge is 2.13. The third-order valence-corrected chi connectivity index (χ3v) is 1.59. The molecule has 0 saturated heterocycles. The van der Waals surface area contributed by atoms with E-state index in [4.69, 9.17) is 15.9 Å². The molecule has 0 aromatic carbocycles. The molecule has 0 aliphatic heterocycles. The third-order valence-electron chi connectivity index (χ3n) is 1.59. The monoisotopic (exact) mass is 185 g/mol. The lowest BCUT2D eigenvalue weighted by Gasteiger charge is -2.07. The van der Waals surface area contributed by atoms with E-state index in [1.807, 2.05) is 0 Å². The molecule has 0 rings (SSSR count). The molecule has 0 radical (unpaired) electrons. The molecule has 0 amide bonds. The predicted octanol–water partition coefficient (Wildman–Crippen LogP) is 1.20. The fourth-order valence-corrected chi connectivity index (χ4v) is 0.862. The van der Waals surface area contributed by atoms with Crippen LogP contribution in [0.25, 0.3) is 0 Å². The zero-order valence-corrected chi connectivity index (χ0v) is 7.82. The van der Waals surface area contributed by atoms with Crippen molar-refractivity contribution in [2.24, 2.45) is 5.73 Å². The second kappa shape index (κ2) is 5.37. The Bertz CT molecular complexity index is 239. The maximum Gasteiger partial charge on any atom is 0.320 e. The molecule has 4 nitrogen and oxygen atoms in total. The number of carboxylic acids is 1. The summed E-state index contributed by atoms with van der Waals surface area (Å²) in [6.45, 7) is 3.29. The molecule has 0 heterocycles. The number of hydrogen-bond acceptors (Lipinski definition) is 3. The Hall–Kier alpha value is -1.29. The van der Waals surface area contributed by atoms with Crippen LogP contribution in [0.4, 0.5) is 0 Å². The van der Waals surface area contributed by atoms with Crippen LogP contribution in [0.15, 0.2) is 23.5 Å². The van der Waals surface area contributed by atoms with E-state index < -0.39 is 12.0 Å². The molecule has 74 valence electrons. The molecule has 0 aliphatic rings.